The number of nitrogens with zero attached hydrogens (tertiary/aromatic N) is 1. The van der Waals surface area contributed by atoms with Crippen LogP contribution in [0.5, 0.6) is 0 Å². The van der Waals surface area contributed by atoms with Crippen molar-refractivity contribution in [2.75, 3.05) is 19.6 Å². The van der Waals surface area contributed by atoms with E-state index in [1.54, 1.807) is 12.1 Å². The topological polar surface area (TPSA) is 44.4 Å². The predicted octanol–water partition coefficient (Wildman–Crippen LogP) is 3.04. The lowest BCUT2D eigenvalue weighted by Gasteiger charge is -2.22. The maximum Gasteiger partial charge on any atom is 0.225 e. The van der Waals surface area contributed by atoms with Crippen LogP contribution in [0.25, 0.3) is 0 Å². The average molecular weight is 366 g/mol. The molecule has 2 rings (SSSR count). The zero-order chi connectivity index (χ0) is 18.4. The highest BCUT2D eigenvalue weighted by atomic mass is 32.1. The first-order valence-electron chi connectivity index (χ1n) is 9.01. The van der Waals surface area contributed by atoms with Crippen LogP contribution < -0.4 is 10.6 Å². The van der Waals surface area contributed by atoms with E-state index in [4.69, 9.17) is 12.2 Å². The molecule has 1 aliphatic heterocycles. The number of hydrogen-bond donors (Lipinski definition) is 2. The van der Waals surface area contributed by atoms with E-state index in [0.717, 1.165) is 18.4 Å². The van der Waals surface area contributed by atoms with Gasteiger partial charge in [0.2, 0.25) is 5.91 Å². The molecule has 1 aromatic rings. The SMILES string of the molecule is CCCCNC(=O)[C@@H]1CN(C(=S)NC(C)C)C[C@H]1c1ccc(F)cc1. The second-order valence-electron chi connectivity index (χ2n) is 6.92. The molecule has 1 heterocycles. The predicted molar refractivity (Wildman–Crippen MR) is 103 cm³/mol. The van der Waals surface area contributed by atoms with Crippen LogP contribution in [0.2, 0.25) is 0 Å². The van der Waals surface area contributed by atoms with Crippen molar-refractivity contribution in [2.24, 2.45) is 5.92 Å². The first kappa shape index (κ1) is 19.6. The number of carbonyl (C=O) groups excluding carboxylic acids is 1. The Morgan fingerprint density at radius 1 is 1.32 bits per heavy atom. The number of hydrogen-bond acceptors (Lipinski definition) is 2. The summed E-state index contributed by atoms with van der Waals surface area (Å²) >= 11 is 5.48. The van der Waals surface area contributed by atoms with Gasteiger partial charge >= 0.3 is 0 Å². The molecular formula is C19H28FN3OS. The Bertz CT molecular complexity index is 591. The third kappa shape index (κ3) is 5.39. The summed E-state index contributed by atoms with van der Waals surface area (Å²) < 4.78 is 13.3. The van der Waals surface area contributed by atoms with Crippen molar-refractivity contribution in [3.63, 3.8) is 0 Å². The molecule has 0 saturated carbocycles. The molecule has 2 atom stereocenters. The van der Waals surface area contributed by atoms with Crippen molar-refractivity contribution in [2.45, 2.75) is 45.6 Å². The first-order valence-corrected chi connectivity index (χ1v) is 9.41. The van der Waals surface area contributed by atoms with Crippen LogP contribution in [0.15, 0.2) is 24.3 Å². The Balaban J connectivity index is 2.14. The largest absolute Gasteiger partial charge is 0.360 e. The van der Waals surface area contributed by atoms with Crippen molar-refractivity contribution in [3.05, 3.63) is 35.6 Å². The lowest BCUT2D eigenvalue weighted by Crippen LogP contribution is -2.42. The van der Waals surface area contributed by atoms with E-state index in [1.807, 2.05) is 18.7 Å². The molecule has 1 amide bonds. The molecule has 0 unspecified atom stereocenters. The maximum atomic E-state index is 13.3. The summed E-state index contributed by atoms with van der Waals surface area (Å²) in [7, 11) is 0. The number of rotatable bonds is 6. The summed E-state index contributed by atoms with van der Waals surface area (Å²) in [6.07, 6.45) is 2.01. The molecule has 0 bridgehead atoms. The van der Waals surface area contributed by atoms with Gasteiger partial charge in [-0.2, -0.15) is 0 Å². The first-order chi connectivity index (χ1) is 11.9. The van der Waals surface area contributed by atoms with Crippen LogP contribution in [0, 0.1) is 11.7 Å². The fourth-order valence-corrected chi connectivity index (χ4v) is 3.53. The fraction of sp³-hybridized carbons (Fsp3) is 0.579. The molecule has 1 aliphatic rings. The van der Waals surface area contributed by atoms with Gasteiger partial charge in [-0.05, 0) is 50.2 Å². The van der Waals surface area contributed by atoms with Crippen LogP contribution in [0.4, 0.5) is 4.39 Å². The number of thiocarbonyl (C=S) groups is 1. The van der Waals surface area contributed by atoms with E-state index < -0.39 is 0 Å². The molecule has 1 fully saturated rings. The van der Waals surface area contributed by atoms with Gasteiger partial charge in [0.15, 0.2) is 5.11 Å². The number of nitrogens with one attached hydrogen (secondary N) is 2. The summed E-state index contributed by atoms with van der Waals surface area (Å²) in [5.74, 6) is -0.388. The van der Waals surface area contributed by atoms with Gasteiger partial charge in [0, 0.05) is 31.6 Å². The third-order valence-corrected chi connectivity index (χ3v) is 4.86. The quantitative estimate of drug-likeness (QED) is 0.601. The maximum absolute atomic E-state index is 13.3. The molecule has 1 aromatic carbocycles. The molecule has 0 aromatic heterocycles. The number of halogens is 1. The fourth-order valence-electron chi connectivity index (χ4n) is 3.14. The zero-order valence-corrected chi connectivity index (χ0v) is 16.0. The normalized spacial score (nSPS) is 20.0. The second kappa shape index (κ2) is 9.13. The Morgan fingerprint density at radius 2 is 2.00 bits per heavy atom. The van der Waals surface area contributed by atoms with Crippen LogP contribution in [0.1, 0.15) is 45.1 Å². The summed E-state index contributed by atoms with van der Waals surface area (Å²) in [4.78, 5) is 14.7. The van der Waals surface area contributed by atoms with Crippen LogP contribution in [-0.4, -0.2) is 41.6 Å². The standard InChI is InChI=1S/C19H28FN3OS/c1-4-5-10-21-18(24)17-12-23(19(25)22-13(2)3)11-16(17)14-6-8-15(20)9-7-14/h6-9,13,16-17H,4-5,10-12H2,1-3H3,(H,21,24)(H,22,25)/t16-,17+/m0/s1. The van der Waals surface area contributed by atoms with Gasteiger partial charge in [-0.3, -0.25) is 4.79 Å². The van der Waals surface area contributed by atoms with Gasteiger partial charge in [-0.15, -0.1) is 0 Å². The summed E-state index contributed by atoms with van der Waals surface area (Å²) in [6, 6.07) is 6.70. The van der Waals surface area contributed by atoms with Gasteiger partial charge in [0.05, 0.1) is 5.92 Å². The van der Waals surface area contributed by atoms with E-state index in [-0.39, 0.29) is 29.6 Å². The lowest BCUT2D eigenvalue weighted by atomic mass is 9.88. The van der Waals surface area contributed by atoms with Gasteiger partial charge in [0.25, 0.3) is 0 Å². The smallest absolute Gasteiger partial charge is 0.225 e. The van der Waals surface area contributed by atoms with E-state index in [1.165, 1.54) is 12.1 Å². The lowest BCUT2D eigenvalue weighted by molar-refractivity contribution is -0.124. The molecular weight excluding hydrogens is 337 g/mol. The minimum absolute atomic E-state index is 0.00846. The van der Waals surface area contributed by atoms with Crippen LogP contribution in [-0.2, 0) is 4.79 Å². The third-order valence-electron chi connectivity index (χ3n) is 4.48. The van der Waals surface area contributed by atoms with Gasteiger partial charge in [-0.25, -0.2) is 4.39 Å². The van der Waals surface area contributed by atoms with Crippen LogP contribution >= 0.6 is 12.2 Å². The second-order valence-corrected chi connectivity index (χ2v) is 7.30. The molecule has 4 nitrogen and oxygen atoms in total. The van der Waals surface area contributed by atoms with Crippen molar-refractivity contribution in [1.82, 2.24) is 15.5 Å². The van der Waals surface area contributed by atoms with Gasteiger partial charge < -0.3 is 15.5 Å². The van der Waals surface area contributed by atoms with Crippen molar-refractivity contribution in [1.29, 1.82) is 0 Å². The van der Waals surface area contributed by atoms with Crippen molar-refractivity contribution >= 4 is 23.2 Å². The Labute approximate surface area is 155 Å². The number of carbonyl (C=O) groups is 1. The van der Waals surface area contributed by atoms with Gasteiger partial charge in [0.1, 0.15) is 5.82 Å². The summed E-state index contributed by atoms with van der Waals surface area (Å²) in [5.41, 5.74) is 0.979. The highest BCUT2D eigenvalue weighted by Crippen LogP contribution is 2.33. The van der Waals surface area contributed by atoms with E-state index in [0.29, 0.717) is 24.7 Å². The Morgan fingerprint density at radius 3 is 2.60 bits per heavy atom. The number of amides is 1. The molecule has 0 radical (unpaired) electrons. The molecule has 6 heteroatoms. The molecule has 0 aliphatic carbocycles. The molecule has 2 N–H and O–H groups in total. The molecule has 138 valence electrons. The van der Waals surface area contributed by atoms with Crippen molar-refractivity contribution < 1.29 is 9.18 Å². The Kier molecular flexibility index (Phi) is 7.17. The molecule has 1 saturated heterocycles. The minimum Gasteiger partial charge on any atom is -0.360 e. The summed E-state index contributed by atoms with van der Waals surface area (Å²) in [6.45, 7) is 8.11. The van der Waals surface area contributed by atoms with Crippen LogP contribution in [0.3, 0.4) is 0 Å². The van der Waals surface area contributed by atoms with E-state index in [9.17, 15) is 9.18 Å². The Hall–Kier alpha value is -1.69. The number of unbranched alkanes of at least 4 members (excludes halogenated alkanes) is 1. The van der Waals surface area contributed by atoms with Gasteiger partial charge in [-0.1, -0.05) is 25.5 Å². The highest BCUT2D eigenvalue weighted by Gasteiger charge is 2.39. The van der Waals surface area contributed by atoms with Crippen molar-refractivity contribution in [3.8, 4) is 0 Å². The van der Waals surface area contributed by atoms with E-state index >= 15 is 0 Å². The zero-order valence-electron chi connectivity index (χ0n) is 15.2. The molecule has 0 spiro atoms. The number of benzene rings is 1. The monoisotopic (exact) mass is 365 g/mol. The van der Waals surface area contributed by atoms with E-state index in [2.05, 4.69) is 17.6 Å². The molecule has 25 heavy (non-hydrogen) atoms. The number of likely N-dealkylation sites (tertiary alicyclic amines) is 1. The average Bonchev–Trinajstić information content (AvgIpc) is 3.00. The highest BCUT2D eigenvalue weighted by molar-refractivity contribution is 7.80. The summed E-state index contributed by atoms with van der Waals surface area (Å²) in [5, 5.41) is 6.95. The minimum atomic E-state index is -0.264.